The number of ether oxygens (including phenoxy) is 1. The summed E-state index contributed by atoms with van der Waals surface area (Å²) in [6.45, 7) is 1.91. The molecule has 32 heavy (non-hydrogen) atoms. The summed E-state index contributed by atoms with van der Waals surface area (Å²) < 4.78 is 11.0. The minimum atomic E-state index is -0.388. The second-order valence-electron chi connectivity index (χ2n) is 8.97. The first-order valence-corrected chi connectivity index (χ1v) is 11.3. The van der Waals surface area contributed by atoms with Crippen molar-refractivity contribution >= 4 is 5.91 Å². The SMILES string of the molecule is COCCC1(c2noc(-c3cccnc3)n2)CCCN(C(=O)C2(c3ccccc3)CC2)C1. The number of likely N-dealkylation sites (tertiary alicyclic amines) is 1. The Kier molecular flexibility index (Phi) is 5.51. The van der Waals surface area contributed by atoms with Crippen LogP contribution in [0.3, 0.4) is 0 Å². The van der Waals surface area contributed by atoms with Gasteiger partial charge in [0.1, 0.15) is 0 Å². The molecule has 0 spiro atoms. The smallest absolute Gasteiger partial charge is 0.259 e. The van der Waals surface area contributed by atoms with E-state index in [2.05, 4.69) is 22.3 Å². The van der Waals surface area contributed by atoms with Gasteiger partial charge in [-0.25, -0.2) is 0 Å². The lowest BCUT2D eigenvalue weighted by Crippen LogP contribution is -2.52. The van der Waals surface area contributed by atoms with E-state index in [9.17, 15) is 4.79 Å². The van der Waals surface area contributed by atoms with E-state index in [4.69, 9.17) is 14.2 Å². The third-order valence-corrected chi connectivity index (χ3v) is 6.94. The van der Waals surface area contributed by atoms with E-state index in [0.717, 1.165) is 49.8 Å². The van der Waals surface area contributed by atoms with E-state index in [1.807, 2.05) is 35.2 Å². The minimum Gasteiger partial charge on any atom is -0.385 e. The highest BCUT2D eigenvalue weighted by Gasteiger charge is 2.54. The van der Waals surface area contributed by atoms with Gasteiger partial charge < -0.3 is 14.2 Å². The number of hydrogen-bond acceptors (Lipinski definition) is 6. The van der Waals surface area contributed by atoms with Crippen LogP contribution in [0.2, 0.25) is 0 Å². The molecule has 1 saturated carbocycles. The third kappa shape index (κ3) is 3.71. The topological polar surface area (TPSA) is 81.3 Å². The van der Waals surface area contributed by atoms with Crippen LogP contribution in [0.15, 0.2) is 59.4 Å². The van der Waals surface area contributed by atoms with Crippen molar-refractivity contribution in [3.63, 3.8) is 0 Å². The van der Waals surface area contributed by atoms with Crippen molar-refractivity contribution in [3.8, 4) is 11.5 Å². The Morgan fingerprint density at radius 2 is 2.00 bits per heavy atom. The fourth-order valence-corrected chi connectivity index (χ4v) is 4.96. The lowest BCUT2D eigenvalue weighted by atomic mass is 9.76. The standard InChI is InChI=1S/C25H28N4O3/c1-31-16-13-24(22-27-21(32-28-22)19-7-5-14-26-17-19)10-6-15-29(18-24)23(30)25(11-12-25)20-8-3-2-4-9-20/h2-5,7-9,14,17H,6,10-13,15-16,18H2,1H3. The molecule has 0 bridgehead atoms. The monoisotopic (exact) mass is 432 g/mol. The summed E-state index contributed by atoms with van der Waals surface area (Å²) in [5.41, 5.74) is 1.15. The van der Waals surface area contributed by atoms with Crippen molar-refractivity contribution in [3.05, 3.63) is 66.2 Å². The first-order chi connectivity index (χ1) is 15.7. The predicted octanol–water partition coefficient (Wildman–Crippen LogP) is 3.76. The Labute approximate surface area is 187 Å². The van der Waals surface area contributed by atoms with Crippen molar-refractivity contribution in [2.45, 2.75) is 42.9 Å². The Morgan fingerprint density at radius 3 is 2.72 bits per heavy atom. The Bertz CT molecular complexity index is 1070. The molecule has 166 valence electrons. The largest absolute Gasteiger partial charge is 0.385 e. The molecule has 1 aliphatic heterocycles. The Balaban J connectivity index is 1.43. The number of pyridine rings is 1. The summed E-state index contributed by atoms with van der Waals surface area (Å²) in [4.78, 5) is 24.6. The molecule has 0 radical (unpaired) electrons. The number of methoxy groups -OCH3 is 1. The number of rotatable bonds is 7. The van der Waals surface area contributed by atoms with E-state index in [1.54, 1.807) is 19.5 Å². The highest BCUT2D eigenvalue weighted by Crippen LogP contribution is 2.50. The molecule has 5 rings (SSSR count). The Hall–Kier alpha value is -3.06. The van der Waals surface area contributed by atoms with Gasteiger partial charge in [-0.3, -0.25) is 9.78 Å². The zero-order valence-corrected chi connectivity index (χ0v) is 18.4. The lowest BCUT2D eigenvalue weighted by Gasteiger charge is -2.42. The molecule has 7 nitrogen and oxygen atoms in total. The van der Waals surface area contributed by atoms with E-state index >= 15 is 0 Å². The zero-order chi connectivity index (χ0) is 22.0. The van der Waals surface area contributed by atoms with Crippen molar-refractivity contribution in [1.82, 2.24) is 20.0 Å². The Morgan fingerprint density at radius 1 is 1.16 bits per heavy atom. The van der Waals surface area contributed by atoms with Gasteiger partial charge in [-0.05, 0) is 49.8 Å². The molecular formula is C25H28N4O3. The fraction of sp³-hybridized carbons (Fsp3) is 0.440. The summed E-state index contributed by atoms with van der Waals surface area (Å²) in [7, 11) is 1.70. The fourth-order valence-electron chi connectivity index (χ4n) is 4.96. The van der Waals surface area contributed by atoms with Gasteiger partial charge >= 0.3 is 0 Å². The molecule has 0 N–H and O–H groups in total. The van der Waals surface area contributed by atoms with Crippen molar-refractivity contribution < 1.29 is 14.1 Å². The number of aromatic nitrogens is 3. The van der Waals surface area contributed by atoms with Gasteiger partial charge in [0.05, 0.1) is 16.4 Å². The van der Waals surface area contributed by atoms with Gasteiger partial charge in [-0.1, -0.05) is 35.5 Å². The summed E-state index contributed by atoms with van der Waals surface area (Å²) in [5.74, 6) is 1.33. The van der Waals surface area contributed by atoms with E-state index in [-0.39, 0.29) is 16.7 Å². The first kappa shape index (κ1) is 20.8. The van der Waals surface area contributed by atoms with E-state index in [0.29, 0.717) is 24.9 Å². The second-order valence-corrected chi connectivity index (χ2v) is 8.97. The normalized spacial score (nSPS) is 22.0. The summed E-state index contributed by atoms with van der Waals surface area (Å²) >= 11 is 0. The number of amides is 1. The molecule has 1 aromatic carbocycles. The molecule has 1 amide bonds. The van der Waals surface area contributed by atoms with E-state index in [1.165, 1.54) is 0 Å². The first-order valence-electron chi connectivity index (χ1n) is 11.3. The number of benzene rings is 1. The van der Waals surface area contributed by atoms with E-state index < -0.39 is 0 Å². The average Bonchev–Trinajstić information content (AvgIpc) is 3.52. The van der Waals surface area contributed by atoms with Gasteiger partial charge in [-0.2, -0.15) is 4.98 Å². The van der Waals surface area contributed by atoms with Crippen LogP contribution in [0.5, 0.6) is 0 Å². The molecule has 2 fully saturated rings. The number of carbonyl (C=O) groups excluding carboxylic acids is 1. The van der Waals surface area contributed by atoms with Crippen LogP contribution in [0.4, 0.5) is 0 Å². The van der Waals surface area contributed by atoms with Crippen LogP contribution in [-0.2, 0) is 20.4 Å². The van der Waals surface area contributed by atoms with Crippen LogP contribution in [0, 0.1) is 0 Å². The van der Waals surface area contributed by atoms with Crippen LogP contribution < -0.4 is 0 Å². The molecular weight excluding hydrogens is 404 g/mol. The number of hydrogen-bond donors (Lipinski definition) is 0. The van der Waals surface area contributed by atoms with Crippen LogP contribution in [0.25, 0.3) is 11.5 Å². The molecule has 1 aliphatic carbocycles. The average molecular weight is 433 g/mol. The predicted molar refractivity (Wildman–Crippen MR) is 119 cm³/mol. The quantitative estimate of drug-likeness (QED) is 0.565. The highest BCUT2D eigenvalue weighted by atomic mass is 16.5. The molecule has 1 saturated heterocycles. The van der Waals surface area contributed by atoms with Crippen LogP contribution in [-0.4, -0.2) is 52.7 Å². The van der Waals surface area contributed by atoms with Crippen LogP contribution >= 0.6 is 0 Å². The van der Waals surface area contributed by atoms with Crippen molar-refractivity contribution in [1.29, 1.82) is 0 Å². The molecule has 1 atom stereocenters. The third-order valence-electron chi connectivity index (χ3n) is 6.94. The maximum absolute atomic E-state index is 13.7. The lowest BCUT2D eigenvalue weighted by molar-refractivity contribution is -0.136. The van der Waals surface area contributed by atoms with Gasteiger partial charge in [-0.15, -0.1) is 0 Å². The van der Waals surface area contributed by atoms with Gasteiger partial charge in [0.15, 0.2) is 5.82 Å². The summed E-state index contributed by atoms with van der Waals surface area (Å²) in [6, 6.07) is 13.9. The summed E-state index contributed by atoms with van der Waals surface area (Å²) in [5, 5.41) is 4.36. The zero-order valence-electron chi connectivity index (χ0n) is 18.4. The number of carbonyl (C=O) groups is 1. The maximum atomic E-state index is 13.7. The second kappa shape index (κ2) is 8.47. The number of nitrogens with zero attached hydrogens (tertiary/aromatic N) is 4. The summed E-state index contributed by atoms with van der Waals surface area (Å²) in [6.07, 6.45) is 7.77. The molecule has 2 aliphatic rings. The molecule has 2 aromatic heterocycles. The maximum Gasteiger partial charge on any atom is 0.259 e. The number of piperidine rings is 1. The van der Waals surface area contributed by atoms with Gasteiger partial charge in [0.25, 0.3) is 5.89 Å². The van der Waals surface area contributed by atoms with Gasteiger partial charge in [0.2, 0.25) is 5.91 Å². The molecule has 3 aromatic rings. The van der Waals surface area contributed by atoms with Crippen molar-refractivity contribution in [2.24, 2.45) is 0 Å². The van der Waals surface area contributed by atoms with Gasteiger partial charge in [0, 0.05) is 39.2 Å². The van der Waals surface area contributed by atoms with Crippen LogP contribution in [0.1, 0.15) is 43.5 Å². The molecule has 7 heteroatoms. The highest BCUT2D eigenvalue weighted by molar-refractivity contribution is 5.91. The molecule has 1 unspecified atom stereocenters. The molecule has 3 heterocycles. The van der Waals surface area contributed by atoms with Crippen molar-refractivity contribution in [2.75, 3.05) is 26.8 Å². The minimum absolute atomic E-state index is 0.223.